The van der Waals surface area contributed by atoms with Crippen LogP contribution >= 0.6 is 11.3 Å². The molecule has 0 fully saturated rings. The van der Waals surface area contributed by atoms with Crippen molar-refractivity contribution in [2.75, 3.05) is 0 Å². The van der Waals surface area contributed by atoms with Crippen LogP contribution in [0.15, 0.2) is 30.3 Å². The first kappa shape index (κ1) is 14.6. The summed E-state index contributed by atoms with van der Waals surface area (Å²) in [6.45, 7) is 9.53. The van der Waals surface area contributed by atoms with Gasteiger partial charge in [-0.1, -0.05) is 18.2 Å². The SMILES string of the molecule is Cc1ccc(C(C)NCc2cccc3c2OC(C)(C)C3)s1. The first-order chi connectivity index (χ1) is 9.94. The number of benzene rings is 1. The highest BCUT2D eigenvalue weighted by Gasteiger charge is 2.31. The smallest absolute Gasteiger partial charge is 0.127 e. The Morgan fingerprint density at radius 3 is 2.81 bits per heavy atom. The molecule has 1 aromatic heterocycles. The molecule has 112 valence electrons. The second-order valence-corrected chi connectivity index (χ2v) is 7.81. The molecule has 0 aliphatic carbocycles. The van der Waals surface area contributed by atoms with Crippen LogP contribution in [0.3, 0.4) is 0 Å². The molecule has 3 heteroatoms. The Labute approximate surface area is 131 Å². The highest BCUT2D eigenvalue weighted by molar-refractivity contribution is 7.12. The lowest BCUT2D eigenvalue weighted by Crippen LogP contribution is -2.25. The minimum Gasteiger partial charge on any atom is -0.487 e. The van der Waals surface area contributed by atoms with Crippen molar-refractivity contribution >= 4 is 11.3 Å². The summed E-state index contributed by atoms with van der Waals surface area (Å²) < 4.78 is 6.13. The van der Waals surface area contributed by atoms with Crippen LogP contribution in [0.1, 0.15) is 47.7 Å². The number of thiophene rings is 1. The topological polar surface area (TPSA) is 21.3 Å². The quantitative estimate of drug-likeness (QED) is 0.889. The molecule has 0 bridgehead atoms. The van der Waals surface area contributed by atoms with Gasteiger partial charge in [-0.05, 0) is 45.4 Å². The summed E-state index contributed by atoms with van der Waals surface area (Å²) in [5.41, 5.74) is 2.52. The predicted molar refractivity (Wildman–Crippen MR) is 89.2 cm³/mol. The largest absolute Gasteiger partial charge is 0.487 e. The molecule has 1 aromatic carbocycles. The summed E-state index contributed by atoms with van der Waals surface area (Å²) in [6, 6.07) is 11.3. The van der Waals surface area contributed by atoms with Crippen molar-refractivity contribution < 1.29 is 4.74 Å². The maximum Gasteiger partial charge on any atom is 0.127 e. The van der Waals surface area contributed by atoms with E-state index in [1.54, 1.807) is 0 Å². The fraction of sp³-hybridized carbons (Fsp3) is 0.444. The van der Waals surface area contributed by atoms with E-state index in [0.29, 0.717) is 6.04 Å². The molecule has 3 rings (SSSR count). The van der Waals surface area contributed by atoms with Gasteiger partial charge < -0.3 is 10.1 Å². The fourth-order valence-electron chi connectivity index (χ4n) is 2.87. The van der Waals surface area contributed by atoms with Gasteiger partial charge in [0.15, 0.2) is 0 Å². The Kier molecular flexibility index (Phi) is 3.80. The number of para-hydroxylation sites is 1. The molecule has 0 spiro atoms. The van der Waals surface area contributed by atoms with Gasteiger partial charge in [0.05, 0.1) is 0 Å². The van der Waals surface area contributed by atoms with Gasteiger partial charge in [-0.15, -0.1) is 11.3 Å². The van der Waals surface area contributed by atoms with Gasteiger partial charge in [0, 0.05) is 34.3 Å². The summed E-state index contributed by atoms with van der Waals surface area (Å²) >= 11 is 1.86. The third-order valence-electron chi connectivity index (χ3n) is 3.96. The average molecular weight is 301 g/mol. The van der Waals surface area contributed by atoms with Gasteiger partial charge in [-0.2, -0.15) is 0 Å². The highest BCUT2D eigenvalue weighted by Crippen LogP contribution is 2.37. The van der Waals surface area contributed by atoms with Crippen LogP contribution in [-0.2, 0) is 13.0 Å². The molecular weight excluding hydrogens is 278 g/mol. The molecule has 1 N–H and O–H groups in total. The van der Waals surface area contributed by atoms with Gasteiger partial charge in [-0.3, -0.25) is 0 Å². The van der Waals surface area contributed by atoms with E-state index in [1.165, 1.54) is 20.9 Å². The molecule has 0 amide bonds. The third-order valence-corrected chi connectivity index (χ3v) is 5.14. The van der Waals surface area contributed by atoms with Gasteiger partial charge >= 0.3 is 0 Å². The molecule has 0 saturated heterocycles. The molecule has 2 aromatic rings. The number of rotatable bonds is 4. The van der Waals surface area contributed by atoms with Crippen molar-refractivity contribution in [3.63, 3.8) is 0 Å². The lowest BCUT2D eigenvalue weighted by atomic mass is 10.0. The van der Waals surface area contributed by atoms with Crippen LogP contribution in [-0.4, -0.2) is 5.60 Å². The zero-order chi connectivity index (χ0) is 15.0. The maximum atomic E-state index is 6.13. The van der Waals surface area contributed by atoms with Crippen LogP contribution in [0.4, 0.5) is 0 Å². The molecular formula is C18H23NOS. The van der Waals surface area contributed by atoms with Crippen molar-refractivity contribution in [1.82, 2.24) is 5.32 Å². The minimum absolute atomic E-state index is 0.0745. The van der Waals surface area contributed by atoms with Crippen LogP contribution in [0.25, 0.3) is 0 Å². The molecule has 0 radical (unpaired) electrons. The van der Waals surface area contributed by atoms with E-state index in [-0.39, 0.29) is 5.60 Å². The van der Waals surface area contributed by atoms with E-state index in [1.807, 2.05) is 11.3 Å². The number of hydrogen-bond donors (Lipinski definition) is 1. The van der Waals surface area contributed by atoms with E-state index in [0.717, 1.165) is 18.7 Å². The summed E-state index contributed by atoms with van der Waals surface area (Å²) in [6.07, 6.45) is 0.996. The van der Waals surface area contributed by atoms with Crippen molar-refractivity contribution in [3.8, 4) is 5.75 Å². The summed E-state index contributed by atoms with van der Waals surface area (Å²) in [5, 5.41) is 3.62. The number of nitrogens with one attached hydrogen (secondary N) is 1. The molecule has 2 nitrogen and oxygen atoms in total. The van der Waals surface area contributed by atoms with E-state index in [2.05, 4.69) is 63.3 Å². The normalized spacial score (nSPS) is 17.3. The molecule has 1 aliphatic heterocycles. The lowest BCUT2D eigenvalue weighted by molar-refractivity contribution is 0.137. The monoisotopic (exact) mass is 301 g/mol. The van der Waals surface area contributed by atoms with Crippen molar-refractivity contribution in [2.24, 2.45) is 0 Å². The van der Waals surface area contributed by atoms with E-state index < -0.39 is 0 Å². The zero-order valence-corrected chi connectivity index (χ0v) is 14.0. The van der Waals surface area contributed by atoms with E-state index in [9.17, 15) is 0 Å². The molecule has 2 heterocycles. The van der Waals surface area contributed by atoms with Gasteiger partial charge in [0.2, 0.25) is 0 Å². The van der Waals surface area contributed by atoms with Gasteiger partial charge in [0.1, 0.15) is 11.4 Å². The first-order valence-corrected chi connectivity index (χ1v) is 8.36. The average Bonchev–Trinajstić information content (AvgIpc) is 2.97. The number of ether oxygens (including phenoxy) is 1. The Morgan fingerprint density at radius 1 is 1.29 bits per heavy atom. The van der Waals surface area contributed by atoms with Crippen molar-refractivity contribution in [2.45, 2.75) is 52.3 Å². The first-order valence-electron chi connectivity index (χ1n) is 7.54. The fourth-order valence-corrected chi connectivity index (χ4v) is 3.77. The predicted octanol–water partition coefficient (Wildman–Crippen LogP) is 4.62. The van der Waals surface area contributed by atoms with E-state index in [4.69, 9.17) is 4.74 Å². The number of fused-ring (bicyclic) bond motifs is 1. The van der Waals surface area contributed by atoms with Crippen molar-refractivity contribution in [3.05, 3.63) is 51.2 Å². The molecule has 1 unspecified atom stereocenters. The van der Waals surface area contributed by atoms with Crippen LogP contribution in [0, 0.1) is 6.92 Å². The molecule has 21 heavy (non-hydrogen) atoms. The van der Waals surface area contributed by atoms with Crippen LogP contribution in [0.5, 0.6) is 5.75 Å². The Bertz CT molecular complexity index is 644. The standard InChI is InChI=1S/C18H23NOS/c1-12-8-9-16(21-12)13(2)19-11-15-7-5-6-14-10-18(3,4)20-17(14)15/h5-9,13,19H,10-11H2,1-4H3. The third kappa shape index (κ3) is 3.14. The Hall–Kier alpha value is -1.32. The molecule has 0 saturated carbocycles. The van der Waals surface area contributed by atoms with Gasteiger partial charge in [0.25, 0.3) is 0 Å². The molecule has 1 atom stereocenters. The Morgan fingerprint density at radius 2 is 2.10 bits per heavy atom. The summed E-state index contributed by atoms with van der Waals surface area (Å²) in [4.78, 5) is 2.76. The zero-order valence-electron chi connectivity index (χ0n) is 13.2. The minimum atomic E-state index is -0.0745. The second kappa shape index (κ2) is 5.47. The number of hydrogen-bond acceptors (Lipinski definition) is 3. The maximum absolute atomic E-state index is 6.13. The van der Waals surface area contributed by atoms with Crippen LogP contribution < -0.4 is 10.1 Å². The van der Waals surface area contributed by atoms with Gasteiger partial charge in [-0.25, -0.2) is 0 Å². The van der Waals surface area contributed by atoms with Crippen LogP contribution in [0.2, 0.25) is 0 Å². The summed E-state index contributed by atoms with van der Waals surface area (Å²) in [7, 11) is 0. The molecule has 1 aliphatic rings. The van der Waals surface area contributed by atoms with Crippen molar-refractivity contribution in [1.29, 1.82) is 0 Å². The summed E-state index contributed by atoms with van der Waals surface area (Å²) in [5.74, 6) is 1.09. The highest BCUT2D eigenvalue weighted by atomic mass is 32.1. The van der Waals surface area contributed by atoms with E-state index >= 15 is 0 Å². The number of aryl methyl sites for hydroxylation is 1. The second-order valence-electron chi connectivity index (χ2n) is 6.49. The Balaban J connectivity index is 1.71. The lowest BCUT2D eigenvalue weighted by Gasteiger charge is -2.19.